The summed E-state index contributed by atoms with van der Waals surface area (Å²) in [6, 6.07) is 11.7. The molecule has 19 heavy (non-hydrogen) atoms. The highest BCUT2D eigenvalue weighted by molar-refractivity contribution is 6.42. The Bertz CT molecular complexity index is 668. The Balaban J connectivity index is 1.95. The third-order valence-corrected chi connectivity index (χ3v) is 4.23. The molecule has 0 radical (unpaired) electrons. The van der Waals surface area contributed by atoms with E-state index in [1.807, 2.05) is 18.2 Å². The van der Waals surface area contributed by atoms with E-state index in [-0.39, 0.29) is 5.41 Å². The molecule has 4 heteroatoms. The third kappa shape index (κ3) is 2.20. The van der Waals surface area contributed by atoms with E-state index in [9.17, 15) is 0 Å². The average Bonchev–Trinajstić information content (AvgIpc) is 3.23. The van der Waals surface area contributed by atoms with Gasteiger partial charge in [-0.1, -0.05) is 35.3 Å². The molecule has 1 aromatic heterocycles. The van der Waals surface area contributed by atoms with E-state index in [0.717, 1.165) is 29.7 Å². The summed E-state index contributed by atoms with van der Waals surface area (Å²) in [5.41, 5.74) is 2.46. The van der Waals surface area contributed by atoms with Crippen LogP contribution in [0, 0.1) is 11.3 Å². The minimum Gasteiger partial charge on any atom is -0.256 e. The zero-order valence-corrected chi connectivity index (χ0v) is 11.5. The molecule has 1 heterocycles. The highest BCUT2D eigenvalue weighted by Gasteiger charge is 2.45. The normalized spacial score (nSPS) is 15.8. The minimum atomic E-state index is -0.289. The summed E-state index contributed by atoms with van der Waals surface area (Å²) < 4.78 is 0. The van der Waals surface area contributed by atoms with Gasteiger partial charge in [0.25, 0.3) is 0 Å². The van der Waals surface area contributed by atoms with Crippen molar-refractivity contribution in [3.05, 3.63) is 52.1 Å². The molecule has 2 nitrogen and oxygen atoms in total. The molecule has 1 aromatic carbocycles. The molecule has 1 saturated carbocycles. The quantitative estimate of drug-likeness (QED) is 0.809. The number of aromatic nitrogens is 1. The van der Waals surface area contributed by atoms with Crippen molar-refractivity contribution in [1.29, 1.82) is 5.26 Å². The summed E-state index contributed by atoms with van der Waals surface area (Å²) in [4.78, 5) is 4.42. The molecule has 0 saturated heterocycles. The van der Waals surface area contributed by atoms with Gasteiger partial charge in [0.1, 0.15) is 0 Å². The predicted octanol–water partition coefficient (Wildman–Crippen LogP) is 4.61. The van der Waals surface area contributed by atoms with Crippen LogP contribution in [0.2, 0.25) is 10.0 Å². The van der Waals surface area contributed by atoms with Crippen LogP contribution < -0.4 is 0 Å². The van der Waals surface area contributed by atoms with Crippen molar-refractivity contribution >= 4 is 23.2 Å². The van der Waals surface area contributed by atoms with Gasteiger partial charge in [-0.15, -0.1) is 0 Å². The summed E-state index contributed by atoms with van der Waals surface area (Å²) in [6.07, 6.45) is 3.64. The van der Waals surface area contributed by atoms with E-state index in [4.69, 9.17) is 28.5 Å². The van der Waals surface area contributed by atoms with Gasteiger partial charge in [0.2, 0.25) is 0 Å². The number of pyridine rings is 1. The molecule has 0 bridgehead atoms. The monoisotopic (exact) mass is 288 g/mol. The number of benzene rings is 1. The Hall–Kier alpha value is -1.56. The molecule has 0 spiro atoms. The van der Waals surface area contributed by atoms with Crippen molar-refractivity contribution in [2.45, 2.75) is 18.3 Å². The second-order valence-corrected chi connectivity index (χ2v) is 5.57. The van der Waals surface area contributed by atoms with Crippen LogP contribution in [0.4, 0.5) is 0 Å². The SMILES string of the molecule is N#CC1(c2ccc(-c3ccc(Cl)c(Cl)c3)nc2)CC1. The van der Waals surface area contributed by atoms with Gasteiger partial charge in [0.05, 0.1) is 27.2 Å². The Morgan fingerprint density at radius 3 is 2.42 bits per heavy atom. The van der Waals surface area contributed by atoms with Crippen LogP contribution in [0.1, 0.15) is 18.4 Å². The van der Waals surface area contributed by atoms with Gasteiger partial charge in [-0.2, -0.15) is 5.26 Å². The largest absolute Gasteiger partial charge is 0.256 e. The standard InChI is InChI=1S/C15H10Cl2N2/c16-12-3-1-10(7-13(12)17)14-4-2-11(8-19-14)15(9-18)5-6-15/h1-4,7-8H,5-6H2. The lowest BCUT2D eigenvalue weighted by atomic mass is 9.99. The van der Waals surface area contributed by atoms with Gasteiger partial charge in [0, 0.05) is 11.8 Å². The number of nitriles is 1. The fourth-order valence-electron chi connectivity index (χ4n) is 2.09. The van der Waals surface area contributed by atoms with E-state index in [2.05, 4.69) is 11.1 Å². The van der Waals surface area contributed by atoms with E-state index in [1.54, 1.807) is 18.3 Å². The van der Waals surface area contributed by atoms with Crippen LogP contribution >= 0.6 is 23.2 Å². The zero-order valence-electron chi connectivity index (χ0n) is 10.0. The van der Waals surface area contributed by atoms with Crippen LogP contribution in [0.5, 0.6) is 0 Å². The maximum Gasteiger partial charge on any atom is 0.0838 e. The number of rotatable bonds is 2. The molecule has 1 aliphatic rings. The van der Waals surface area contributed by atoms with Crippen molar-refractivity contribution in [2.75, 3.05) is 0 Å². The topological polar surface area (TPSA) is 36.7 Å². The van der Waals surface area contributed by atoms with E-state index >= 15 is 0 Å². The molecule has 2 aromatic rings. The maximum atomic E-state index is 9.15. The Labute approximate surface area is 121 Å². The maximum absolute atomic E-state index is 9.15. The first-order chi connectivity index (χ1) is 9.14. The van der Waals surface area contributed by atoms with E-state index < -0.39 is 0 Å². The first kappa shape index (κ1) is 12.5. The lowest BCUT2D eigenvalue weighted by Crippen LogP contribution is -2.02. The van der Waals surface area contributed by atoms with Crippen molar-refractivity contribution in [2.24, 2.45) is 0 Å². The molecule has 0 N–H and O–H groups in total. The van der Waals surface area contributed by atoms with Gasteiger partial charge in [-0.05, 0) is 36.6 Å². The average molecular weight is 289 g/mol. The number of hydrogen-bond donors (Lipinski definition) is 0. The molecule has 0 atom stereocenters. The lowest BCUT2D eigenvalue weighted by Gasteiger charge is -2.07. The fraction of sp³-hybridized carbons (Fsp3) is 0.200. The van der Waals surface area contributed by atoms with Crippen molar-refractivity contribution in [3.8, 4) is 17.3 Å². The molecule has 0 amide bonds. The van der Waals surface area contributed by atoms with Gasteiger partial charge in [0.15, 0.2) is 0 Å². The molecule has 3 rings (SSSR count). The van der Waals surface area contributed by atoms with Crippen LogP contribution in [-0.4, -0.2) is 4.98 Å². The van der Waals surface area contributed by atoms with Gasteiger partial charge < -0.3 is 0 Å². The predicted molar refractivity (Wildman–Crippen MR) is 76.2 cm³/mol. The Morgan fingerprint density at radius 1 is 1.11 bits per heavy atom. The van der Waals surface area contributed by atoms with Crippen molar-refractivity contribution in [1.82, 2.24) is 4.98 Å². The second-order valence-electron chi connectivity index (χ2n) is 4.75. The van der Waals surface area contributed by atoms with Gasteiger partial charge in [-0.3, -0.25) is 4.98 Å². The van der Waals surface area contributed by atoms with E-state index in [1.165, 1.54) is 0 Å². The lowest BCUT2D eigenvalue weighted by molar-refractivity contribution is 0.898. The number of hydrogen-bond acceptors (Lipinski definition) is 2. The van der Waals surface area contributed by atoms with Crippen LogP contribution in [0.15, 0.2) is 36.5 Å². The highest BCUT2D eigenvalue weighted by Crippen LogP contribution is 2.47. The van der Waals surface area contributed by atoms with Crippen molar-refractivity contribution in [3.63, 3.8) is 0 Å². The molecule has 94 valence electrons. The first-order valence-electron chi connectivity index (χ1n) is 5.98. The van der Waals surface area contributed by atoms with Crippen LogP contribution in [0.3, 0.4) is 0 Å². The van der Waals surface area contributed by atoms with E-state index in [0.29, 0.717) is 10.0 Å². The summed E-state index contributed by atoms with van der Waals surface area (Å²) >= 11 is 11.9. The second kappa shape index (κ2) is 4.52. The highest BCUT2D eigenvalue weighted by atomic mass is 35.5. The summed E-state index contributed by atoms with van der Waals surface area (Å²) in [6.45, 7) is 0. The first-order valence-corrected chi connectivity index (χ1v) is 6.73. The fourth-order valence-corrected chi connectivity index (χ4v) is 2.39. The van der Waals surface area contributed by atoms with Gasteiger partial charge in [-0.25, -0.2) is 0 Å². The third-order valence-electron chi connectivity index (χ3n) is 3.50. The summed E-state index contributed by atoms with van der Waals surface area (Å²) in [7, 11) is 0. The van der Waals surface area contributed by atoms with Crippen LogP contribution in [0.25, 0.3) is 11.3 Å². The Kier molecular flexibility index (Phi) is 2.97. The van der Waals surface area contributed by atoms with Gasteiger partial charge >= 0.3 is 0 Å². The van der Waals surface area contributed by atoms with Crippen LogP contribution in [-0.2, 0) is 5.41 Å². The molecule has 1 aliphatic carbocycles. The zero-order chi connectivity index (χ0) is 13.5. The number of nitrogens with zero attached hydrogens (tertiary/aromatic N) is 2. The summed E-state index contributed by atoms with van der Waals surface area (Å²) in [5, 5.41) is 10.2. The molecular formula is C15H10Cl2N2. The smallest absolute Gasteiger partial charge is 0.0838 e. The molecular weight excluding hydrogens is 279 g/mol. The minimum absolute atomic E-state index is 0.289. The Morgan fingerprint density at radius 2 is 1.89 bits per heavy atom. The molecule has 0 unspecified atom stereocenters. The summed E-state index contributed by atoms with van der Waals surface area (Å²) in [5.74, 6) is 0. The molecule has 0 aliphatic heterocycles. The van der Waals surface area contributed by atoms with Crippen molar-refractivity contribution < 1.29 is 0 Å². The number of halogens is 2. The molecule has 1 fully saturated rings.